The minimum atomic E-state index is -0.838. The molecule has 1 atom stereocenters. The number of aliphatic carboxylic acids is 1. The van der Waals surface area contributed by atoms with Crippen LogP contribution in [-0.2, 0) is 4.79 Å². The lowest BCUT2D eigenvalue weighted by atomic mass is 10.1. The summed E-state index contributed by atoms with van der Waals surface area (Å²) in [6.07, 6.45) is 6.41. The van der Waals surface area contributed by atoms with E-state index in [0.29, 0.717) is 6.04 Å². The third-order valence-corrected chi connectivity index (χ3v) is 3.01. The van der Waals surface area contributed by atoms with Crippen LogP contribution in [-0.4, -0.2) is 35.1 Å². The quantitative estimate of drug-likeness (QED) is 0.728. The summed E-state index contributed by atoms with van der Waals surface area (Å²) in [5, 5.41) is 8.64. The Labute approximate surface area is 91.8 Å². The number of hydrogen-bond donors (Lipinski definition) is 1. The van der Waals surface area contributed by atoms with Gasteiger partial charge in [-0.2, -0.15) is 0 Å². The summed E-state index contributed by atoms with van der Waals surface area (Å²) in [6, 6.07) is 0.588. The molecule has 0 saturated carbocycles. The van der Waals surface area contributed by atoms with E-state index < -0.39 is 5.97 Å². The van der Waals surface area contributed by atoms with E-state index in [0.717, 1.165) is 18.7 Å². The fourth-order valence-electron chi connectivity index (χ4n) is 2.15. The Hall–Kier alpha value is -0.830. The molecule has 1 rings (SSSR count). The summed E-state index contributed by atoms with van der Waals surface area (Å²) in [7, 11) is 0. The molecule has 0 spiro atoms. The van der Waals surface area contributed by atoms with Gasteiger partial charge in [0.05, 0.1) is 0 Å². The lowest BCUT2D eigenvalue weighted by molar-refractivity contribution is -0.131. The normalized spacial score (nSPS) is 24.9. The molecule has 0 aromatic carbocycles. The van der Waals surface area contributed by atoms with E-state index >= 15 is 0 Å². The van der Waals surface area contributed by atoms with E-state index in [9.17, 15) is 4.79 Å². The van der Waals surface area contributed by atoms with Gasteiger partial charge >= 0.3 is 5.97 Å². The second-order valence-electron chi connectivity index (χ2n) is 4.50. The van der Waals surface area contributed by atoms with Gasteiger partial charge in [-0.1, -0.05) is 18.4 Å². The molecule has 0 bridgehead atoms. The van der Waals surface area contributed by atoms with E-state index in [1.54, 1.807) is 0 Å². The molecule has 0 aromatic heterocycles. The van der Waals surface area contributed by atoms with Crippen molar-refractivity contribution < 1.29 is 9.90 Å². The second-order valence-corrected chi connectivity index (χ2v) is 4.50. The highest BCUT2D eigenvalue weighted by molar-refractivity contribution is 5.80. The first-order valence-electron chi connectivity index (χ1n) is 5.73. The molecule has 3 heteroatoms. The topological polar surface area (TPSA) is 40.5 Å². The maximum absolute atomic E-state index is 10.5. The Morgan fingerprint density at radius 3 is 2.87 bits per heavy atom. The summed E-state index contributed by atoms with van der Waals surface area (Å²) in [6.45, 7) is 6.03. The third-order valence-electron chi connectivity index (χ3n) is 3.01. The number of carboxylic acid groups (broad SMARTS) is 1. The summed E-state index contributed by atoms with van der Waals surface area (Å²) in [5.41, 5.74) is 0.941. The molecule has 0 aromatic rings. The zero-order chi connectivity index (χ0) is 11.3. The van der Waals surface area contributed by atoms with Gasteiger partial charge < -0.3 is 5.11 Å². The lowest BCUT2D eigenvalue weighted by Crippen LogP contribution is -2.34. The molecule has 1 N–H and O–H groups in total. The van der Waals surface area contributed by atoms with E-state index in [1.807, 2.05) is 6.92 Å². The molecule has 0 radical (unpaired) electrons. The van der Waals surface area contributed by atoms with Crippen LogP contribution in [0.1, 0.15) is 39.5 Å². The molecule has 1 saturated heterocycles. The Morgan fingerprint density at radius 2 is 2.20 bits per heavy atom. The fourth-order valence-corrected chi connectivity index (χ4v) is 2.15. The number of likely N-dealkylation sites (tertiary alicyclic amines) is 1. The average Bonchev–Trinajstić information content (AvgIpc) is 2.30. The third kappa shape index (κ3) is 4.47. The molecule has 86 valence electrons. The smallest absolute Gasteiger partial charge is 0.328 e. The van der Waals surface area contributed by atoms with Crippen molar-refractivity contribution in [2.24, 2.45) is 0 Å². The first kappa shape index (κ1) is 12.2. The van der Waals surface area contributed by atoms with Crippen LogP contribution in [0.15, 0.2) is 11.6 Å². The van der Waals surface area contributed by atoms with Crippen LogP contribution in [0.5, 0.6) is 0 Å². The van der Waals surface area contributed by atoms with Crippen LogP contribution in [0.4, 0.5) is 0 Å². The van der Waals surface area contributed by atoms with Gasteiger partial charge in [0.25, 0.3) is 0 Å². The van der Waals surface area contributed by atoms with Crippen molar-refractivity contribution in [3.05, 3.63) is 11.6 Å². The summed E-state index contributed by atoms with van der Waals surface area (Å²) in [5.74, 6) is -0.838. The first-order chi connectivity index (χ1) is 7.09. The van der Waals surface area contributed by atoms with Gasteiger partial charge in [0.15, 0.2) is 0 Å². The Balaban J connectivity index is 2.51. The van der Waals surface area contributed by atoms with Crippen molar-refractivity contribution in [3.63, 3.8) is 0 Å². The maximum Gasteiger partial charge on any atom is 0.328 e. The van der Waals surface area contributed by atoms with Crippen LogP contribution < -0.4 is 0 Å². The van der Waals surface area contributed by atoms with Gasteiger partial charge in [-0.05, 0) is 33.2 Å². The van der Waals surface area contributed by atoms with E-state index in [2.05, 4.69) is 11.8 Å². The van der Waals surface area contributed by atoms with Gasteiger partial charge in [0.1, 0.15) is 0 Å². The van der Waals surface area contributed by atoms with Gasteiger partial charge in [0, 0.05) is 18.7 Å². The van der Waals surface area contributed by atoms with E-state index in [1.165, 1.54) is 31.8 Å². The zero-order valence-electron chi connectivity index (χ0n) is 9.70. The Bertz CT molecular complexity index is 248. The Morgan fingerprint density at radius 1 is 1.47 bits per heavy atom. The highest BCUT2D eigenvalue weighted by atomic mass is 16.4. The molecule has 1 fully saturated rings. The van der Waals surface area contributed by atoms with Crippen LogP contribution in [0.25, 0.3) is 0 Å². The van der Waals surface area contributed by atoms with Gasteiger partial charge in [0.2, 0.25) is 0 Å². The largest absolute Gasteiger partial charge is 0.478 e. The highest BCUT2D eigenvalue weighted by Crippen LogP contribution is 2.17. The molecule has 1 aliphatic heterocycles. The van der Waals surface area contributed by atoms with Crippen molar-refractivity contribution in [1.82, 2.24) is 4.90 Å². The maximum atomic E-state index is 10.5. The van der Waals surface area contributed by atoms with Gasteiger partial charge in [-0.3, -0.25) is 4.90 Å². The van der Waals surface area contributed by atoms with Crippen LogP contribution in [0, 0.1) is 0 Å². The number of nitrogens with zero attached hydrogens (tertiary/aromatic N) is 1. The molecule has 0 aliphatic carbocycles. The molecule has 0 amide bonds. The van der Waals surface area contributed by atoms with Crippen molar-refractivity contribution in [2.75, 3.05) is 13.1 Å². The van der Waals surface area contributed by atoms with Crippen LogP contribution in [0.2, 0.25) is 0 Å². The standard InChI is InChI=1S/C12H21NO2/c1-10(8-12(14)15)9-13-7-5-3-4-6-11(13)2/h8,11H,3-7,9H2,1-2H3,(H,14,15)/b10-8+. The molecule has 1 unspecified atom stereocenters. The number of carbonyl (C=O) groups is 1. The number of rotatable bonds is 3. The van der Waals surface area contributed by atoms with Crippen molar-refractivity contribution in [3.8, 4) is 0 Å². The van der Waals surface area contributed by atoms with Gasteiger partial charge in [-0.25, -0.2) is 4.79 Å². The number of hydrogen-bond acceptors (Lipinski definition) is 2. The lowest BCUT2D eigenvalue weighted by Gasteiger charge is -2.26. The van der Waals surface area contributed by atoms with E-state index in [-0.39, 0.29) is 0 Å². The average molecular weight is 211 g/mol. The summed E-state index contributed by atoms with van der Waals surface area (Å²) in [4.78, 5) is 12.9. The predicted molar refractivity (Wildman–Crippen MR) is 60.9 cm³/mol. The second kappa shape index (κ2) is 5.91. The summed E-state index contributed by atoms with van der Waals surface area (Å²) < 4.78 is 0. The number of carboxylic acids is 1. The summed E-state index contributed by atoms with van der Waals surface area (Å²) >= 11 is 0. The zero-order valence-corrected chi connectivity index (χ0v) is 9.70. The van der Waals surface area contributed by atoms with Crippen molar-refractivity contribution in [2.45, 2.75) is 45.6 Å². The molecule has 15 heavy (non-hydrogen) atoms. The van der Waals surface area contributed by atoms with Crippen LogP contribution in [0.3, 0.4) is 0 Å². The van der Waals surface area contributed by atoms with Crippen LogP contribution >= 0.6 is 0 Å². The SMILES string of the molecule is C/C(=C\C(=O)O)CN1CCCCCC1C. The molecular weight excluding hydrogens is 190 g/mol. The minimum Gasteiger partial charge on any atom is -0.478 e. The minimum absolute atomic E-state index is 0.588. The Kier molecular flexibility index (Phi) is 4.82. The molecule has 3 nitrogen and oxygen atoms in total. The molecule has 1 aliphatic rings. The van der Waals surface area contributed by atoms with E-state index in [4.69, 9.17) is 5.11 Å². The van der Waals surface area contributed by atoms with Gasteiger partial charge in [-0.15, -0.1) is 0 Å². The first-order valence-corrected chi connectivity index (χ1v) is 5.73. The predicted octanol–water partition coefficient (Wildman–Crippen LogP) is 2.28. The fraction of sp³-hybridized carbons (Fsp3) is 0.750. The monoisotopic (exact) mass is 211 g/mol. The molecule has 1 heterocycles. The molecular formula is C12H21NO2. The highest BCUT2D eigenvalue weighted by Gasteiger charge is 2.16. The van der Waals surface area contributed by atoms with Crippen molar-refractivity contribution >= 4 is 5.97 Å². The van der Waals surface area contributed by atoms with Crippen molar-refractivity contribution in [1.29, 1.82) is 0 Å².